The van der Waals surface area contributed by atoms with E-state index < -0.39 is 0 Å². The fraction of sp³-hybridized carbons (Fsp3) is 0.385. The molecule has 1 fully saturated rings. The van der Waals surface area contributed by atoms with Gasteiger partial charge in [0.1, 0.15) is 7.85 Å². The smallest absolute Gasteiger partial charge is 0.113 e. The van der Waals surface area contributed by atoms with Crippen LogP contribution in [-0.2, 0) is 4.74 Å². The summed E-state index contributed by atoms with van der Waals surface area (Å²) in [6.07, 6.45) is 0. The van der Waals surface area contributed by atoms with Crippen LogP contribution in [0.25, 0.3) is 0 Å². The second-order valence-corrected chi connectivity index (χ2v) is 3.81. The van der Waals surface area contributed by atoms with Gasteiger partial charge in [0.25, 0.3) is 0 Å². The molecule has 2 rings (SSSR count). The summed E-state index contributed by atoms with van der Waals surface area (Å²) in [5, 5.41) is 0. The number of hydrogen-bond donors (Lipinski definition) is 0. The summed E-state index contributed by atoms with van der Waals surface area (Å²) in [4.78, 5) is 2.30. The molecule has 3 heteroatoms. The number of rotatable bonds is 1. The molecular weight excluding hydrogens is 197 g/mol. The second-order valence-electron chi connectivity index (χ2n) is 3.81. The van der Waals surface area contributed by atoms with Crippen LogP contribution in [0.2, 0.25) is 0 Å². The minimum Gasteiger partial charge on any atom is -0.379 e. The molecule has 0 saturated carbocycles. The third-order valence-electron chi connectivity index (χ3n) is 2.55. The largest absolute Gasteiger partial charge is 0.379 e. The number of hydrogen-bond acceptors (Lipinski definition) is 2. The van der Waals surface area contributed by atoms with Crippen molar-refractivity contribution >= 4 is 13.3 Å². The Bertz CT molecular complexity index is 385. The predicted molar refractivity (Wildman–Crippen MR) is 66.0 cm³/mol. The molecule has 0 spiro atoms. The summed E-state index contributed by atoms with van der Waals surface area (Å²) in [6.45, 7) is 4.42. The van der Waals surface area contributed by atoms with E-state index in [0.29, 0.717) is 0 Å². The van der Waals surface area contributed by atoms with E-state index in [1.807, 2.05) is 24.3 Å². The van der Waals surface area contributed by atoms with E-state index in [0.717, 1.165) is 43.9 Å². The SMILES string of the molecule is [B]c1ccc(C#CCN2CCOCC2)cc1. The molecule has 0 bridgehead atoms. The van der Waals surface area contributed by atoms with Crippen molar-refractivity contribution in [2.75, 3.05) is 32.8 Å². The van der Waals surface area contributed by atoms with Gasteiger partial charge in [-0.2, -0.15) is 0 Å². The van der Waals surface area contributed by atoms with Crippen LogP contribution in [0.15, 0.2) is 24.3 Å². The first-order valence-electron chi connectivity index (χ1n) is 5.49. The first-order valence-corrected chi connectivity index (χ1v) is 5.49. The molecule has 1 aliphatic rings. The first kappa shape index (κ1) is 11.3. The van der Waals surface area contributed by atoms with E-state index in [1.54, 1.807) is 0 Å². The quantitative estimate of drug-likeness (QED) is 0.484. The molecular formula is C13H14BNO. The summed E-state index contributed by atoms with van der Waals surface area (Å²) in [7, 11) is 5.60. The third-order valence-corrected chi connectivity index (χ3v) is 2.55. The molecule has 0 unspecified atom stereocenters. The lowest BCUT2D eigenvalue weighted by Gasteiger charge is -2.24. The molecule has 80 valence electrons. The van der Waals surface area contributed by atoms with Crippen LogP contribution in [0.1, 0.15) is 5.56 Å². The van der Waals surface area contributed by atoms with E-state index >= 15 is 0 Å². The van der Waals surface area contributed by atoms with Gasteiger partial charge in [0.15, 0.2) is 0 Å². The summed E-state index contributed by atoms with van der Waals surface area (Å²) < 4.78 is 5.27. The Hall–Kier alpha value is -1.24. The monoisotopic (exact) mass is 211 g/mol. The first-order chi connectivity index (χ1) is 7.84. The third kappa shape index (κ3) is 3.41. The van der Waals surface area contributed by atoms with Crippen LogP contribution < -0.4 is 5.46 Å². The lowest BCUT2D eigenvalue weighted by Crippen LogP contribution is -2.36. The summed E-state index contributed by atoms with van der Waals surface area (Å²) in [6, 6.07) is 7.64. The zero-order valence-electron chi connectivity index (χ0n) is 9.28. The van der Waals surface area contributed by atoms with Crippen molar-refractivity contribution in [3.63, 3.8) is 0 Å². The highest BCUT2D eigenvalue weighted by Crippen LogP contribution is 1.96. The Labute approximate surface area is 98.0 Å². The van der Waals surface area contributed by atoms with Crippen LogP contribution in [0.5, 0.6) is 0 Å². The zero-order valence-corrected chi connectivity index (χ0v) is 9.28. The minimum atomic E-state index is 0.777. The van der Waals surface area contributed by atoms with Gasteiger partial charge in [-0.3, -0.25) is 4.90 Å². The maximum Gasteiger partial charge on any atom is 0.113 e. The van der Waals surface area contributed by atoms with E-state index in [2.05, 4.69) is 16.7 Å². The van der Waals surface area contributed by atoms with Crippen LogP contribution >= 0.6 is 0 Å². The van der Waals surface area contributed by atoms with Gasteiger partial charge in [-0.25, -0.2) is 0 Å². The van der Waals surface area contributed by atoms with Crippen LogP contribution in [-0.4, -0.2) is 45.6 Å². The molecule has 0 atom stereocenters. The van der Waals surface area contributed by atoms with Crippen molar-refractivity contribution in [3.8, 4) is 11.8 Å². The standard InChI is InChI=1S/C13H14BNO/c14-13-5-3-12(4-6-13)2-1-7-15-8-10-16-11-9-15/h3-6H,7-11H2. The van der Waals surface area contributed by atoms with Crippen LogP contribution in [0, 0.1) is 11.8 Å². The van der Waals surface area contributed by atoms with E-state index in [9.17, 15) is 0 Å². The van der Waals surface area contributed by atoms with Gasteiger partial charge in [0.05, 0.1) is 19.8 Å². The lowest BCUT2D eigenvalue weighted by atomic mass is 9.95. The highest BCUT2D eigenvalue weighted by molar-refractivity contribution is 6.32. The topological polar surface area (TPSA) is 12.5 Å². The van der Waals surface area contributed by atoms with Gasteiger partial charge in [0.2, 0.25) is 0 Å². The average Bonchev–Trinajstić information content (AvgIpc) is 2.33. The van der Waals surface area contributed by atoms with Gasteiger partial charge in [-0.1, -0.05) is 29.4 Å². The number of benzene rings is 1. The Kier molecular flexibility index (Phi) is 4.04. The molecule has 0 aromatic heterocycles. The molecule has 0 amide bonds. The molecule has 1 aromatic rings. The second kappa shape index (κ2) is 5.74. The molecule has 2 radical (unpaired) electrons. The van der Waals surface area contributed by atoms with E-state index in [4.69, 9.17) is 12.6 Å². The van der Waals surface area contributed by atoms with Crippen molar-refractivity contribution in [1.29, 1.82) is 0 Å². The molecule has 1 aliphatic heterocycles. The van der Waals surface area contributed by atoms with Gasteiger partial charge in [-0.05, 0) is 12.1 Å². The number of ether oxygens (including phenoxy) is 1. The highest BCUT2D eigenvalue weighted by Gasteiger charge is 2.07. The molecule has 2 nitrogen and oxygen atoms in total. The minimum absolute atomic E-state index is 0.777. The summed E-state index contributed by atoms with van der Waals surface area (Å²) >= 11 is 0. The van der Waals surface area contributed by atoms with Crippen LogP contribution in [0.3, 0.4) is 0 Å². The number of morpholine rings is 1. The highest BCUT2D eigenvalue weighted by atomic mass is 16.5. The number of nitrogens with zero attached hydrogens (tertiary/aromatic N) is 1. The Morgan fingerprint density at radius 1 is 1.19 bits per heavy atom. The molecule has 1 aromatic carbocycles. The zero-order chi connectivity index (χ0) is 11.2. The normalized spacial score (nSPS) is 16.5. The molecule has 0 N–H and O–H groups in total. The van der Waals surface area contributed by atoms with Gasteiger partial charge >= 0.3 is 0 Å². The fourth-order valence-corrected chi connectivity index (χ4v) is 1.58. The van der Waals surface area contributed by atoms with Crippen molar-refractivity contribution in [2.45, 2.75) is 0 Å². The van der Waals surface area contributed by atoms with Gasteiger partial charge in [-0.15, -0.1) is 0 Å². The van der Waals surface area contributed by atoms with Crippen molar-refractivity contribution in [3.05, 3.63) is 29.8 Å². The lowest BCUT2D eigenvalue weighted by molar-refractivity contribution is 0.0443. The predicted octanol–water partition coefficient (Wildman–Crippen LogP) is 0.164. The van der Waals surface area contributed by atoms with Crippen molar-refractivity contribution < 1.29 is 4.74 Å². The molecule has 1 heterocycles. The summed E-state index contributed by atoms with van der Waals surface area (Å²) in [5.74, 6) is 6.30. The van der Waals surface area contributed by atoms with E-state index in [1.165, 1.54) is 0 Å². The van der Waals surface area contributed by atoms with Gasteiger partial charge < -0.3 is 4.74 Å². The summed E-state index contributed by atoms with van der Waals surface area (Å²) in [5.41, 5.74) is 1.79. The van der Waals surface area contributed by atoms with Crippen molar-refractivity contribution in [2.24, 2.45) is 0 Å². The Morgan fingerprint density at radius 2 is 1.88 bits per heavy atom. The Balaban J connectivity index is 1.87. The van der Waals surface area contributed by atoms with Gasteiger partial charge in [0, 0.05) is 18.7 Å². The molecule has 16 heavy (non-hydrogen) atoms. The van der Waals surface area contributed by atoms with Crippen molar-refractivity contribution in [1.82, 2.24) is 4.90 Å². The van der Waals surface area contributed by atoms with Crippen LogP contribution in [0.4, 0.5) is 0 Å². The maximum atomic E-state index is 5.60. The van der Waals surface area contributed by atoms with E-state index in [-0.39, 0.29) is 0 Å². The average molecular weight is 211 g/mol. The maximum absolute atomic E-state index is 5.60. The fourth-order valence-electron chi connectivity index (χ4n) is 1.58. The Morgan fingerprint density at radius 3 is 2.56 bits per heavy atom. The molecule has 1 saturated heterocycles. The molecule has 0 aliphatic carbocycles.